The fourth-order valence-corrected chi connectivity index (χ4v) is 2.96. The molecule has 1 aliphatic rings. The van der Waals surface area contributed by atoms with Gasteiger partial charge in [-0.05, 0) is 19.3 Å². The average Bonchev–Trinajstić information content (AvgIpc) is 2.18. The van der Waals surface area contributed by atoms with E-state index in [9.17, 15) is 0 Å². The fraction of sp³-hybridized carbons (Fsp3) is 0.833. The summed E-state index contributed by atoms with van der Waals surface area (Å²) in [5.74, 6) is 0. The number of hydrogen-bond donors (Lipinski definition) is 1. The summed E-state index contributed by atoms with van der Waals surface area (Å²) < 4.78 is 6.56. The minimum absolute atomic E-state index is 0.331. The SMILES string of the molecule is C=C(Br)CNC1CC(OC)C1(CC)CC. The lowest BCUT2D eigenvalue weighted by atomic mass is 9.58. The number of nitrogens with one attached hydrogen (secondary N) is 1. The van der Waals surface area contributed by atoms with Crippen molar-refractivity contribution in [1.82, 2.24) is 5.32 Å². The fourth-order valence-electron chi connectivity index (χ4n) is 2.80. The van der Waals surface area contributed by atoms with Crippen molar-refractivity contribution in [3.8, 4) is 0 Å². The molecule has 0 saturated heterocycles. The largest absolute Gasteiger partial charge is 0.381 e. The summed E-state index contributed by atoms with van der Waals surface area (Å²) in [7, 11) is 1.82. The van der Waals surface area contributed by atoms with Crippen molar-refractivity contribution in [2.24, 2.45) is 5.41 Å². The molecule has 1 aliphatic carbocycles. The van der Waals surface area contributed by atoms with E-state index < -0.39 is 0 Å². The first-order chi connectivity index (χ1) is 7.10. The van der Waals surface area contributed by atoms with Gasteiger partial charge in [0.2, 0.25) is 0 Å². The second-order valence-corrected chi connectivity index (χ2v) is 5.47. The summed E-state index contributed by atoms with van der Waals surface area (Å²) in [5.41, 5.74) is 0.331. The van der Waals surface area contributed by atoms with Crippen molar-refractivity contribution in [3.63, 3.8) is 0 Å². The summed E-state index contributed by atoms with van der Waals surface area (Å²) in [6.07, 6.45) is 3.90. The Kier molecular flexibility index (Phi) is 4.81. The van der Waals surface area contributed by atoms with E-state index in [1.54, 1.807) is 0 Å². The molecular weight excluding hydrogens is 254 g/mol. The Balaban J connectivity index is 2.56. The van der Waals surface area contributed by atoms with E-state index in [0.717, 1.165) is 17.4 Å². The Morgan fingerprint density at radius 2 is 2.13 bits per heavy atom. The van der Waals surface area contributed by atoms with E-state index in [0.29, 0.717) is 17.6 Å². The number of halogens is 1. The smallest absolute Gasteiger partial charge is 0.0657 e. The molecule has 1 fully saturated rings. The van der Waals surface area contributed by atoms with Gasteiger partial charge in [-0.2, -0.15) is 0 Å². The van der Waals surface area contributed by atoms with Crippen LogP contribution in [0.4, 0.5) is 0 Å². The molecule has 0 amide bonds. The summed E-state index contributed by atoms with van der Waals surface area (Å²) in [6.45, 7) is 9.21. The van der Waals surface area contributed by atoms with E-state index in [-0.39, 0.29) is 0 Å². The molecule has 0 aromatic carbocycles. The molecule has 0 bridgehead atoms. The maximum Gasteiger partial charge on any atom is 0.0657 e. The summed E-state index contributed by atoms with van der Waals surface area (Å²) in [6, 6.07) is 0.576. The maximum absolute atomic E-state index is 5.55. The van der Waals surface area contributed by atoms with Crippen molar-refractivity contribution in [1.29, 1.82) is 0 Å². The van der Waals surface area contributed by atoms with Crippen LogP contribution in [0.2, 0.25) is 0 Å². The monoisotopic (exact) mass is 275 g/mol. The predicted molar refractivity (Wildman–Crippen MR) is 68.3 cm³/mol. The molecule has 0 aromatic heterocycles. The van der Waals surface area contributed by atoms with Crippen molar-refractivity contribution < 1.29 is 4.74 Å². The summed E-state index contributed by atoms with van der Waals surface area (Å²) in [4.78, 5) is 0. The minimum Gasteiger partial charge on any atom is -0.381 e. The third-order valence-corrected chi connectivity index (χ3v) is 4.21. The Hall–Kier alpha value is 0.140. The van der Waals surface area contributed by atoms with Crippen molar-refractivity contribution in [2.45, 2.75) is 45.3 Å². The van der Waals surface area contributed by atoms with Gasteiger partial charge in [-0.15, -0.1) is 0 Å². The zero-order valence-corrected chi connectivity index (χ0v) is 11.6. The van der Waals surface area contributed by atoms with Crippen molar-refractivity contribution in [3.05, 3.63) is 11.1 Å². The van der Waals surface area contributed by atoms with Crippen LogP contribution in [0.5, 0.6) is 0 Å². The lowest BCUT2D eigenvalue weighted by Crippen LogP contribution is -2.63. The zero-order chi connectivity index (χ0) is 11.5. The van der Waals surface area contributed by atoms with Crippen molar-refractivity contribution >= 4 is 15.9 Å². The first-order valence-electron chi connectivity index (χ1n) is 5.70. The zero-order valence-electron chi connectivity index (χ0n) is 9.98. The van der Waals surface area contributed by atoms with E-state index in [1.807, 2.05) is 7.11 Å². The molecular formula is C12H22BrNO. The van der Waals surface area contributed by atoms with Crippen molar-refractivity contribution in [2.75, 3.05) is 13.7 Å². The van der Waals surface area contributed by atoms with Gasteiger partial charge in [-0.1, -0.05) is 36.4 Å². The molecule has 0 aliphatic heterocycles. The van der Waals surface area contributed by atoms with Crippen LogP contribution in [-0.4, -0.2) is 25.8 Å². The Morgan fingerprint density at radius 3 is 2.53 bits per heavy atom. The summed E-state index contributed by atoms with van der Waals surface area (Å²) >= 11 is 3.38. The molecule has 88 valence electrons. The Labute approximate surface area is 102 Å². The number of ether oxygens (including phenoxy) is 1. The molecule has 15 heavy (non-hydrogen) atoms. The molecule has 0 heterocycles. The molecule has 1 saturated carbocycles. The van der Waals surface area contributed by atoms with Crippen LogP contribution >= 0.6 is 15.9 Å². The summed E-state index contributed by atoms with van der Waals surface area (Å²) in [5, 5.41) is 3.55. The van der Waals surface area contributed by atoms with Gasteiger partial charge in [-0.3, -0.25) is 0 Å². The van der Waals surface area contributed by atoms with Gasteiger partial charge >= 0.3 is 0 Å². The van der Waals surface area contributed by atoms with E-state index >= 15 is 0 Å². The predicted octanol–water partition coefficient (Wildman–Crippen LogP) is 3.08. The number of methoxy groups -OCH3 is 1. The lowest BCUT2D eigenvalue weighted by Gasteiger charge is -2.55. The van der Waals surface area contributed by atoms with Gasteiger partial charge in [0.15, 0.2) is 0 Å². The third-order valence-electron chi connectivity index (χ3n) is 3.93. The highest BCUT2D eigenvalue weighted by atomic mass is 79.9. The van der Waals surface area contributed by atoms with E-state index in [2.05, 4.69) is 41.7 Å². The van der Waals surface area contributed by atoms with Crippen LogP contribution in [-0.2, 0) is 4.74 Å². The van der Waals surface area contributed by atoms with Gasteiger partial charge in [0, 0.05) is 29.6 Å². The quantitative estimate of drug-likeness (QED) is 0.805. The average molecular weight is 276 g/mol. The van der Waals surface area contributed by atoms with Gasteiger partial charge in [-0.25, -0.2) is 0 Å². The highest BCUT2D eigenvalue weighted by molar-refractivity contribution is 9.11. The van der Waals surface area contributed by atoms with Gasteiger partial charge in [0.05, 0.1) is 6.10 Å². The highest BCUT2D eigenvalue weighted by Gasteiger charge is 2.52. The number of hydrogen-bond acceptors (Lipinski definition) is 2. The lowest BCUT2D eigenvalue weighted by molar-refractivity contribution is -0.122. The second kappa shape index (κ2) is 5.46. The van der Waals surface area contributed by atoms with Crippen LogP contribution in [0.25, 0.3) is 0 Å². The standard InChI is InChI=1S/C12H22BrNO/c1-5-12(6-2)10(7-11(12)15-4)14-8-9(3)13/h10-11,14H,3,5-8H2,1-2,4H3. The Bertz CT molecular complexity index is 226. The van der Waals surface area contributed by atoms with Crippen LogP contribution in [0.1, 0.15) is 33.1 Å². The Morgan fingerprint density at radius 1 is 1.53 bits per heavy atom. The molecule has 2 unspecified atom stereocenters. The normalized spacial score (nSPS) is 28.5. The highest BCUT2D eigenvalue weighted by Crippen LogP contribution is 2.48. The first-order valence-corrected chi connectivity index (χ1v) is 6.49. The molecule has 2 nitrogen and oxygen atoms in total. The minimum atomic E-state index is 0.331. The topological polar surface area (TPSA) is 21.3 Å². The number of rotatable bonds is 6. The van der Waals surface area contributed by atoms with Crippen LogP contribution < -0.4 is 5.32 Å². The third kappa shape index (κ3) is 2.45. The molecule has 1 N–H and O–H groups in total. The second-order valence-electron chi connectivity index (χ2n) is 4.35. The first kappa shape index (κ1) is 13.2. The van der Waals surface area contributed by atoms with Gasteiger partial charge in [0.25, 0.3) is 0 Å². The molecule has 0 spiro atoms. The maximum atomic E-state index is 5.55. The van der Waals surface area contributed by atoms with Gasteiger partial charge < -0.3 is 10.1 Å². The molecule has 0 radical (unpaired) electrons. The van der Waals surface area contributed by atoms with Crippen LogP contribution in [0, 0.1) is 5.41 Å². The molecule has 0 aromatic rings. The van der Waals surface area contributed by atoms with E-state index in [4.69, 9.17) is 4.74 Å². The van der Waals surface area contributed by atoms with Crippen LogP contribution in [0.3, 0.4) is 0 Å². The molecule has 1 rings (SSSR count). The van der Waals surface area contributed by atoms with Crippen LogP contribution in [0.15, 0.2) is 11.1 Å². The molecule has 2 atom stereocenters. The molecule has 3 heteroatoms. The van der Waals surface area contributed by atoms with Gasteiger partial charge in [0.1, 0.15) is 0 Å². The van der Waals surface area contributed by atoms with E-state index in [1.165, 1.54) is 12.8 Å².